The standard InChI is InChI=1S/C24H23N3O2S/c1-29-21-9-5-2-6-18(21)15-26-14-16-10-11-17-13-23(30-22(17)12-16)24(28)27-20-8-4-3-7-19(20)25/h2-13,26H,14-15,25H2,1H3,(H,27,28). The highest BCUT2D eigenvalue weighted by Gasteiger charge is 2.12. The quantitative estimate of drug-likeness (QED) is 0.369. The molecule has 0 saturated heterocycles. The van der Waals surface area contributed by atoms with Crippen molar-refractivity contribution in [3.8, 4) is 5.75 Å². The second kappa shape index (κ2) is 8.98. The van der Waals surface area contributed by atoms with Gasteiger partial charge in [-0.25, -0.2) is 0 Å². The molecule has 0 saturated carbocycles. The number of carbonyl (C=O) groups excluding carboxylic acids is 1. The monoisotopic (exact) mass is 417 g/mol. The number of rotatable bonds is 7. The number of para-hydroxylation sites is 3. The molecule has 0 atom stereocenters. The number of carbonyl (C=O) groups is 1. The van der Waals surface area contributed by atoms with Crippen LogP contribution in [0.25, 0.3) is 10.1 Å². The molecule has 3 aromatic carbocycles. The number of nitrogens with one attached hydrogen (secondary N) is 2. The summed E-state index contributed by atoms with van der Waals surface area (Å²) in [6, 6.07) is 23.4. The minimum Gasteiger partial charge on any atom is -0.496 e. The summed E-state index contributed by atoms with van der Waals surface area (Å²) in [6.45, 7) is 1.45. The van der Waals surface area contributed by atoms with Crippen LogP contribution in [-0.2, 0) is 13.1 Å². The van der Waals surface area contributed by atoms with E-state index in [0.717, 1.165) is 34.5 Å². The number of fused-ring (bicyclic) bond motifs is 1. The Balaban J connectivity index is 1.43. The molecule has 5 nitrogen and oxygen atoms in total. The molecule has 4 aromatic rings. The maximum atomic E-state index is 12.6. The van der Waals surface area contributed by atoms with Crippen molar-refractivity contribution in [2.45, 2.75) is 13.1 Å². The van der Waals surface area contributed by atoms with E-state index < -0.39 is 0 Å². The number of hydrogen-bond acceptors (Lipinski definition) is 5. The highest BCUT2D eigenvalue weighted by Crippen LogP contribution is 2.28. The lowest BCUT2D eigenvalue weighted by molar-refractivity contribution is 0.103. The minimum absolute atomic E-state index is 0.148. The number of thiophene rings is 1. The van der Waals surface area contributed by atoms with Crippen molar-refractivity contribution in [1.82, 2.24) is 5.32 Å². The molecule has 4 N–H and O–H groups in total. The fourth-order valence-electron chi connectivity index (χ4n) is 3.28. The summed E-state index contributed by atoms with van der Waals surface area (Å²) in [5.41, 5.74) is 9.39. The summed E-state index contributed by atoms with van der Waals surface area (Å²) in [5.74, 6) is 0.735. The molecular weight excluding hydrogens is 394 g/mol. The predicted octanol–water partition coefficient (Wildman–Crippen LogP) is 5.03. The van der Waals surface area contributed by atoms with Gasteiger partial charge in [0.05, 0.1) is 23.4 Å². The second-order valence-corrected chi connectivity index (χ2v) is 8.02. The third-order valence-corrected chi connectivity index (χ3v) is 5.95. The van der Waals surface area contributed by atoms with E-state index in [9.17, 15) is 4.79 Å². The maximum absolute atomic E-state index is 12.6. The van der Waals surface area contributed by atoms with Crippen LogP contribution in [0.5, 0.6) is 5.75 Å². The lowest BCUT2D eigenvalue weighted by atomic mass is 10.1. The first-order chi connectivity index (χ1) is 14.6. The fourth-order valence-corrected chi connectivity index (χ4v) is 4.30. The molecule has 0 fully saturated rings. The molecule has 152 valence electrons. The molecule has 1 aromatic heterocycles. The Morgan fingerprint density at radius 3 is 2.63 bits per heavy atom. The van der Waals surface area contributed by atoms with E-state index in [2.05, 4.69) is 34.9 Å². The van der Waals surface area contributed by atoms with Gasteiger partial charge in [-0.15, -0.1) is 11.3 Å². The van der Waals surface area contributed by atoms with Gasteiger partial charge < -0.3 is 21.1 Å². The average Bonchev–Trinajstić information content (AvgIpc) is 3.19. The SMILES string of the molecule is COc1ccccc1CNCc1ccc2cc(C(=O)Nc3ccccc3N)sc2c1. The molecule has 30 heavy (non-hydrogen) atoms. The van der Waals surface area contributed by atoms with Gasteiger partial charge in [0.15, 0.2) is 0 Å². The summed E-state index contributed by atoms with van der Waals surface area (Å²) in [7, 11) is 1.68. The van der Waals surface area contributed by atoms with Crippen LogP contribution in [0.1, 0.15) is 20.8 Å². The van der Waals surface area contributed by atoms with E-state index in [1.54, 1.807) is 19.2 Å². The first-order valence-corrected chi connectivity index (χ1v) is 10.5. The van der Waals surface area contributed by atoms with Crippen LogP contribution in [0.2, 0.25) is 0 Å². The van der Waals surface area contributed by atoms with Gasteiger partial charge in [0.2, 0.25) is 0 Å². The van der Waals surface area contributed by atoms with Crippen molar-refractivity contribution >= 4 is 38.7 Å². The Morgan fingerprint density at radius 1 is 1.00 bits per heavy atom. The van der Waals surface area contributed by atoms with Crippen LogP contribution in [0.3, 0.4) is 0 Å². The first-order valence-electron chi connectivity index (χ1n) is 9.65. The number of ether oxygens (including phenoxy) is 1. The van der Waals surface area contributed by atoms with Crippen LogP contribution < -0.4 is 21.1 Å². The van der Waals surface area contributed by atoms with E-state index >= 15 is 0 Å². The zero-order chi connectivity index (χ0) is 20.9. The molecule has 0 aliphatic carbocycles. The van der Waals surface area contributed by atoms with Crippen LogP contribution in [0, 0.1) is 0 Å². The number of hydrogen-bond donors (Lipinski definition) is 3. The number of benzene rings is 3. The molecule has 4 rings (SSSR count). The molecule has 0 bridgehead atoms. The van der Waals surface area contributed by atoms with Crippen molar-refractivity contribution in [2.24, 2.45) is 0 Å². The van der Waals surface area contributed by atoms with E-state index in [1.807, 2.05) is 36.4 Å². The average molecular weight is 418 g/mol. The van der Waals surface area contributed by atoms with Gasteiger partial charge in [-0.2, -0.15) is 0 Å². The molecule has 1 amide bonds. The Hall–Kier alpha value is -3.35. The Morgan fingerprint density at radius 2 is 1.80 bits per heavy atom. The number of nitrogens with two attached hydrogens (primary N) is 1. The Kier molecular flexibility index (Phi) is 5.97. The number of anilines is 2. The predicted molar refractivity (Wildman–Crippen MR) is 124 cm³/mol. The van der Waals surface area contributed by atoms with Gasteiger partial charge in [0.25, 0.3) is 5.91 Å². The molecule has 0 aliphatic heterocycles. The smallest absolute Gasteiger partial charge is 0.265 e. The van der Waals surface area contributed by atoms with Crippen molar-refractivity contribution in [3.05, 3.63) is 88.8 Å². The van der Waals surface area contributed by atoms with Crippen molar-refractivity contribution in [1.29, 1.82) is 0 Å². The normalized spacial score (nSPS) is 10.8. The maximum Gasteiger partial charge on any atom is 0.265 e. The van der Waals surface area contributed by atoms with Crippen molar-refractivity contribution in [3.63, 3.8) is 0 Å². The number of nitrogen functional groups attached to an aromatic ring is 1. The van der Waals surface area contributed by atoms with E-state index in [1.165, 1.54) is 16.9 Å². The van der Waals surface area contributed by atoms with Gasteiger partial charge in [-0.1, -0.05) is 42.5 Å². The first kappa shape index (κ1) is 19.9. The third kappa shape index (κ3) is 4.45. The summed E-state index contributed by atoms with van der Waals surface area (Å²) in [5, 5.41) is 7.40. The van der Waals surface area contributed by atoms with E-state index in [0.29, 0.717) is 16.3 Å². The van der Waals surface area contributed by atoms with Crippen molar-refractivity contribution < 1.29 is 9.53 Å². The van der Waals surface area contributed by atoms with E-state index in [4.69, 9.17) is 10.5 Å². The van der Waals surface area contributed by atoms with Crippen LogP contribution in [0.15, 0.2) is 72.8 Å². The zero-order valence-electron chi connectivity index (χ0n) is 16.6. The van der Waals surface area contributed by atoms with Crippen molar-refractivity contribution in [2.75, 3.05) is 18.2 Å². The molecule has 0 spiro atoms. The highest BCUT2D eigenvalue weighted by molar-refractivity contribution is 7.20. The van der Waals surface area contributed by atoms with Crippen LogP contribution in [0.4, 0.5) is 11.4 Å². The van der Waals surface area contributed by atoms with Gasteiger partial charge in [-0.3, -0.25) is 4.79 Å². The molecule has 0 unspecified atom stereocenters. The molecule has 0 aliphatic rings. The lowest BCUT2D eigenvalue weighted by Gasteiger charge is -2.09. The van der Waals surface area contributed by atoms with Gasteiger partial charge in [0, 0.05) is 23.4 Å². The minimum atomic E-state index is -0.148. The molecule has 1 heterocycles. The summed E-state index contributed by atoms with van der Waals surface area (Å²) >= 11 is 1.48. The molecular formula is C24H23N3O2S. The van der Waals surface area contributed by atoms with E-state index in [-0.39, 0.29) is 5.91 Å². The second-order valence-electron chi connectivity index (χ2n) is 6.94. The largest absolute Gasteiger partial charge is 0.496 e. The molecule has 0 radical (unpaired) electrons. The Bertz CT molecular complexity index is 1190. The highest BCUT2D eigenvalue weighted by atomic mass is 32.1. The summed E-state index contributed by atoms with van der Waals surface area (Å²) in [6.07, 6.45) is 0. The zero-order valence-corrected chi connectivity index (χ0v) is 17.5. The lowest BCUT2D eigenvalue weighted by Crippen LogP contribution is -2.13. The summed E-state index contributed by atoms with van der Waals surface area (Å²) in [4.78, 5) is 13.3. The third-order valence-electron chi connectivity index (χ3n) is 4.85. The Labute approximate surface area is 179 Å². The molecule has 6 heteroatoms. The fraction of sp³-hybridized carbons (Fsp3) is 0.125. The summed E-state index contributed by atoms with van der Waals surface area (Å²) < 4.78 is 6.48. The van der Waals surface area contributed by atoms with Gasteiger partial charge in [-0.05, 0) is 41.3 Å². The topological polar surface area (TPSA) is 76.4 Å². The van der Waals surface area contributed by atoms with Gasteiger partial charge >= 0.3 is 0 Å². The van der Waals surface area contributed by atoms with Crippen LogP contribution >= 0.6 is 11.3 Å². The number of methoxy groups -OCH3 is 1. The van der Waals surface area contributed by atoms with Crippen LogP contribution in [-0.4, -0.2) is 13.0 Å². The van der Waals surface area contributed by atoms with Gasteiger partial charge in [0.1, 0.15) is 5.75 Å². The number of amides is 1.